The minimum Gasteiger partial charge on any atom is -0.220 e. The number of hydrogen-bond acceptors (Lipinski definition) is 0. The van der Waals surface area contributed by atoms with Crippen molar-refractivity contribution < 1.29 is 4.58 Å². The van der Waals surface area contributed by atoms with Crippen LogP contribution < -0.4 is 0 Å². The lowest BCUT2D eigenvalue weighted by Crippen LogP contribution is -2.21. The second kappa shape index (κ2) is 7.24. The molecular formula is C20H24NSi+. The zero-order chi connectivity index (χ0) is 16.0. The van der Waals surface area contributed by atoms with E-state index in [1.165, 1.54) is 11.1 Å². The third-order valence-corrected chi connectivity index (χ3v) is 4.12. The summed E-state index contributed by atoms with van der Waals surface area (Å²) < 4.78 is 2.25. The first-order chi connectivity index (χ1) is 10.5. The highest BCUT2D eigenvalue weighted by Gasteiger charge is 2.14. The molecule has 0 aliphatic rings. The molecule has 112 valence electrons. The first-order valence-electron chi connectivity index (χ1n) is 7.66. The van der Waals surface area contributed by atoms with Gasteiger partial charge in [-0.05, 0) is 18.1 Å². The molecule has 0 radical (unpaired) electrons. The Morgan fingerprint density at radius 3 is 2.00 bits per heavy atom. The molecular weight excluding hydrogens is 282 g/mol. The summed E-state index contributed by atoms with van der Waals surface area (Å²) in [7, 11) is 0.720. The predicted octanol–water partition coefficient (Wildman–Crippen LogP) is 4.20. The van der Waals surface area contributed by atoms with Gasteiger partial charge >= 0.3 is 0 Å². The van der Waals surface area contributed by atoms with Gasteiger partial charge in [-0.2, -0.15) is 0 Å². The molecule has 0 aliphatic carbocycles. The van der Waals surface area contributed by atoms with Crippen LogP contribution >= 0.6 is 0 Å². The normalized spacial score (nSPS) is 12.2. The van der Waals surface area contributed by atoms with E-state index in [0.717, 1.165) is 12.3 Å². The summed E-state index contributed by atoms with van der Waals surface area (Å²) in [6.45, 7) is 7.70. The van der Waals surface area contributed by atoms with Gasteiger partial charge in [0.1, 0.15) is 15.1 Å². The molecule has 0 unspecified atom stereocenters. The van der Waals surface area contributed by atoms with Crippen LogP contribution in [-0.4, -0.2) is 25.4 Å². The van der Waals surface area contributed by atoms with Crippen molar-refractivity contribution in [2.45, 2.75) is 26.2 Å². The van der Waals surface area contributed by atoms with Crippen molar-refractivity contribution in [2.24, 2.45) is 0 Å². The van der Waals surface area contributed by atoms with Crippen LogP contribution in [0.2, 0.25) is 19.6 Å². The van der Waals surface area contributed by atoms with Crippen molar-refractivity contribution in [1.82, 2.24) is 0 Å². The Hall–Kier alpha value is -2.11. The van der Waals surface area contributed by atoms with Gasteiger partial charge in [0.15, 0.2) is 6.54 Å². The number of nitrogens with zero attached hydrogens (tertiary/aromatic N) is 1. The van der Waals surface area contributed by atoms with Gasteiger partial charge in [-0.15, -0.1) is 5.54 Å². The Bertz CT molecular complexity index is 698. The highest BCUT2D eigenvalue weighted by molar-refractivity contribution is 6.84. The topological polar surface area (TPSA) is 3.01 Å². The number of hydrogen-bond donors (Lipinski definition) is 0. The van der Waals surface area contributed by atoms with E-state index >= 15 is 0 Å². The third-order valence-electron chi connectivity index (χ3n) is 3.25. The summed E-state index contributed by atoms with van der Waals surface area (Å²) in [5.74, 6) is 3.45. The highest BCUT2D eigenvalue weighted by Crippen LogP contribution is 2.05. The molecule has 0 fully saturated rings. The zero-order valence-electron chi connectivity index (χ0n) is 13.9. The zero-order valence-corrected chi connectivity index (χ0v) is 14.9. The number of benzene rings is 2. The predicted molar refractivity (Wildman–Crippen MR) is 98.0 cm³/mol. The molecule has 0 saturated heterocycles. The summed E-state index contributed by atoms with van der Waals surface area (Å²) in [5, 5.41) is 0. The molecule has 0 bridgehead atoms. The van der Waals surface area contributed by atoms with Gasteiger partial charge in [0.05, 0.1) is 5.56 Å². The van der Waals surface area contributed by atoms with Crippen LogP contribution in [0.5, 0.6) is 0 Å². The van der Waals surface area contributed by atoms with Crippen LogP contribution in [0.3, 0.4) is 0 Å². The van der Waals surface area contributed by atoms with Crippen LogP contribution in [0.25, 0.3) is 0 Å². The molecule has 2 aromatic carbocycles. The van der Waals surface area contributed by atoms with E-state index in [1.54, 1.807) is 0 Å². The van der Waals surface area contributed by atoms with Crippen LogP contribution in [0.15, 0.2) is 60.7 Å². The highest BCUT2D eigenvalue weighted by atomic mass is 28.3. The molecule has 0 atom stereocenters. The average Bonchev–Trinajstić information content (AvgIpc) is 2.48. The Labute approximate surface area is 135 Å². The summed E-state index contributed by atoms with van der Waals surface area (Å²) in [6.07, 6.45) is 0. The van der Waals surface area contributed by atoms with Crippen LogP contribution in [0, 0.1) is 11.5 Å². The van der Waals surface area contributed by atoms with Crippen molar-refractivity contribution in [3.05, 3.63) is 71.8 Å². The Morgan fingerprint density at radius 2 is 1.45 bits per heavy atom. The molecule has 0 amide bonds. The standard InChI is InChI=1S/C20H24NSi/c1-21(17-18-11-7-5-8-12-18)20(15-16-22(2,3)4)19-13-9-6-10-14-19/h5-14H,17H2,1-4H3/q+1. The van der Waals surface area contributed by atoms with Crippen molar-refractivity contribution in [3.8, 4) is 11.5 Å². The average molecular weight is 307 g/mol. The van der Waals surface area contributed by atoms with E-state index in [4.69, 9.17) is 0 Å². The second-order valence-corrected chi connectivity index (χ2v) is 11.3. The fourth-order valence-corrected chi connectivity index (χ4v) is 2.66. The Balaban J connectivity index is 2.42. The minimum atomic E-state index is -1.40. The van der Waals surface area contributed by atoms with Gasteiger partial charge in [-0.3, -0.25) is 0 Å². The van der Waals surface area contributed by atoms with Crippen LogP contribution in [0.4, 0.5) is 0 Å². The summed E-state index contributed by atoms with van der Waals surface area (Å²) in [4.78, 5) is 0. The lowest BCUT2D eigenvalue weighted by molar-refractivity contribution is -0.512. The monoisotopic (exact) mass is 306 g/mol. The lowest BCUT2D eigenvalue weighted by Gasteiger charge is -2.06. The molecule has 0 N–H and O–H groups in total. The van der Waals surface area contributed by atoms with E-state index < -0.39 is 8.07 Å². The molecule has 2 aromatic rings. The van der Waals surface area contributed by atoms with Crippen molar-refractivity contribution in [1.29, 1.82) is 0 Å². The quantitative estimate of drug-likeness (QED) is 0.346. The van der Waals surface area contributed by atoms with Crippen LogP contribution in [0.1, 0.15) is 11.1 Å². The smallest absolute Gasteiger partial charge is 0.220 e. The lowest BCUT2D eigenvalue weighted by atomic mass is 10.1. The fourth-order valence-electron chi connectivity index (χ4n) is 2.17. The van der Waals surface area contributed by atoms with E-state index in [2.05, 4.69) is 97.3 Å². The van der Waals surface area contributed by atoms with Crippen LogP contribution in [-0.2, 0) is 6.54 Å². The second-order valence-electron chi connectivity index (χ2n) is 6.56. The van der Waals surface area contributed by atoms with Gasteiger partial charge in [-0.25, -0.2) is 4.58 Å². The fraction of sp³-hybridized carbons (Fsp3) is 0.250. The molecule has 0 spiro atoms. The largest absolute Gasteiger partial charge is 0.258 e. The Morgan fingerprint density at radius 1 is 0.909 bits per heavy atom. The minimum absolute atomic E-state index is 0.867. The first-order valence-corrected chi connectivity index (χ1v) is 11.2. The van der Waals surface area contributed by atoms with Gasteiger partial charge in [-0.1, -0.05) is 68.2 Å². The van der Waals surface area contributed by atoms with Crippen molar-refractivity contribution >= 4 is 13.8 Å². The first kappa shape index (κ1) is 16.3. The number of rotatable bonds is 3. The molecule has 0 heterocycles. The summed E-state index contributed by atoms with van der Waals surface area (Å²) >= 11 is 0. The molecule has 0 aliphatic heterocycles. The van der Waals surface area contributed by atoms with E-state index in [1.807, 2.05) is 6.07 Å². The molecule has 2 heteroatoms. The molecule has 0 saturated carbocycles. The SMILES string of the molecule is C[N+](Cc1ccccc1)=C(C#C[Si](C)(C)C)c1ccccc1. The van der Waals surface area contributed by atoms with Gasteiger partial charge in [0.25, 0.3) is 5.71 Å². The maximum atomic E-state index is 3.50. The molecule has 1 nitrogen and oxygen atoms in total. The molecule has 22 heavy (non-hydrogen) atoms. The van der Waals surface area contributed by atoms with Gasteiger partial charge in [0, 0.05) is 5.56 Å². The summed E-state index contributed by atoms with van der Waals surface area (Å²) in [6, 6.07) is 21.0. The van der Waals surface area contributed by atoms with Crippen molar-refractivity contribution in [3.63, 3.8) is 0 Å². The van der Waals surface area contributed by atoms with Crippen molar-refractivity contribution in [2.75, 3.05) is 7.05 Å². The maximum absolute atomic E-state index is 3.50. The molecule has 2 rings (SSSR count). The van der Waals surface area contributed by atoms with E-state index in [-0.39, 0.29) is 0 Å². The third kappa shape index (κ3) is 5.02. The maximum Gasteiger partial charge on any atom is 0.258 e. The van der Waals surface area contributed by atoms with Gasteiger partial charge in [0.2, 0.25) is 0 Å². The molecule has 0 aromatic heterocycles. The summed E-state index contributed by atoms with van der Waals surface area (Å²) in [5.41, 5.74) is 7.09. The van der Waals surface area contributed by atoms with E-state index in [9.17, 15) is 0 Å². The van der Waals surface area contributed by atoms with Gasteiger partial charge < -0.3 is 0 Å². The Kier molecular flexibility index (Phi) is 5.35. The van der Waals surface area contributed by atoms with E-state index in [0.29, 0.717) is 0 Å².